The molecule has 27 heavy (non-hydrogen) atoms. The number of nitrogens with one attached hydrogen (secondary N) is 2. The van der Waals surface area contributed by atoms with Gasteiger partial charge in [-0.2, -0.15) is 0 Å². The van der Waals surface area contributed by atoms with E-state index in [0.29, 0.717) is 18.1 Å². The van der Waals surface area contributed by atoms with Gasteiger partial charge in [0.15, 0.2) is 0 Å². The molecule has 0 spiro atoms. The Hall–Kier alpha value is -3.34. The molecule has 2 aromatic carbocycles. The Bertz CT molecular complexity index is 862. The normalized spacial score (nSPS) is 11.5. The summed E-state index contributed by atoms with van der Waals surface area (Å²) in [5.74, 6) is 0.306. The molecule has 3 rings (SSSR count). The fraction of sp³-hybridized carbons (Fsp3) is 0.182. The Morgan fingerprint density at radius 2 is 1.70 bits per heavy atom. The van der Waals surface area contributed by atoms with Crippen molar-refractivity contribution >= 4 is 17.3 Å². The molecule has 1 heterocycles. The molecule has 1 unspecified atom stereocenters. The molecule has 0 saturated carbocycles. The third-order valence-corrected chi connectivity index (χ3v) is 4.12. The van der Waals surface area contributed by atoms with E-state index in [2.05, 4.69) is 34.7 Å². The van der Waals surface area contributed by atoms with Crippen LogP contribution in [0.1, 0.15) is 35.8 Å². The van der Waals surface area contributed by atoms with Crippen LogP contribution in [0.5, 0.6) is 5.88 Å². The number of hydrogen-bond donors (Lipinski definition) is 2. The number of hydrogen-bond acceptors (Lipinski definition) is 4. The van der Waals surface area contributed by atoms with Gasteiger partial charge in [0.25, 0.3) is 5.91 Å². The molecule has 0 saturated heterocycles. The molecule has 0 bridgehead atoms. The molecule has 2 N–H and O–H groups in total. The maximum absolute atomic E-state index is 12.3. The molecule has 0 fully saturated rings. The van der Waals surface area contributed by atoms with Crippen molar-refractivity contribution in [2.75, 3.05) is 17.2 Å². The number of carbonyl (C=O) groups is 1. The topological polar surface area (TPSA) is 63.2 Å². The van der Waals surface area contributed by atoms with Gasteiger partial charge in [0.05, 0.1) is 12.2 Å². The van der Waals surface area contributed by atoms with Crippen LogP contribution in [0.15, 0.2) is 72.9 Å². The monoisotopic (exact) mass is 361 g/mol. The van der Waals surface area contributed by atoms with Gasteiger partial charge < -0.3 is 15.4 Å². The number of benzene rings is 2. The van der Waals surface area contributed by atoms with Crippen LogP contribution in [-0.4, -0.2) is 17.5 Å². The Balaban J connectivity index is 1.59. The summed E-state index contributed by atoms with van der Waals surface area (Å²) in [6, 6.07) is 21.5. The number of amides is 1. The maximum atomic E-state index is 12.3. The van der Waals surface area contributed by atoms with Gasteiger partial charge in [0.1, 0.15) is 0 Å². The minimum Gasteiger partial charge on any atom is -0.478 e. The van der Waals surface area contributed by atoms with E-state index in [1.54, 1.807) is 12.1 Å². The molecule has 1 amide bonds. The van der Waals surface area contributed by atoms with Crippen molar-refractivity contribution < 1.29 is 9.53 Å². The second-order valence-corrected chi connectivity index (χ2v) is 6.13. The summed E-state index contributed by atoms with van der Waals surface area (Å²) < 4.78 is 5.29. The Morgan fingerprint density at radius 1 is 1.00 bits per heavy atom. The van der Waals surface area contributed by atoms with Crippen LogP contribution in [0.4, 0.5) is 11.4 Å². The SMILES string of the molecule is CCOc1ccc(C(=O)Nc2ccc(NC(C)c3ccccc3)cc2)cn1. The molecular formula is C22H23N3O2. The third-order valence-electron chi connectivity index (χ3n) is 4.12. The van der Waals surface area contributed by atoms with Crippen LogP contribution in [0.2, 0.25) is 0 Å². The standard InChI is InChI=1S/C22H23N3O2/c1-3-27-21-14-9-18(15-23-21)22(26)25-20-12-10-19(11-13-20)24-16(2)17-7-5-4-6-8-17/h4-16,24H,3H2,1-2H3,(H,25,26). The van der Waals surface area contributed by atoms with Crippen molar-refractivity contribution in [2.45, 2.75) is 19.9 Å². The lowest BCUT2D eigenvalue weighted by atomic mass is 10.1. The van der Waals surface area contributed by atoms with Crippen molar-refractivity contribution in [2.24, 2.45) is 0 Å². The molecule has 3 aromatic rings. The largest absolute Gasteiger partial charge is 0.478 e. The molecule has 5 heteroatoms. The number of aromatic nitrogens is 1. The average molecular weight is 361 g/mol. The lowest BCUT2D eigenvalue weighted by Crippen LogP contribution is -2.12. The molecule has 5 nitrogen and oxygen atoms in total. The summed E-state index contributed by atoms with van der Waals surface area (Å²) in [6.45, 7) is 4.55. The van der Waals surface area contributed by atoms with Gasteiger partial charge >= 0.3 is 0 Å². The second-order valence-electron chi connectivity index (χ2n) is 6.13. The quantitative estimate of drug-likeness (QED) is 0.628. The highest BCUT2D eigenvalue weighted by molar-refractivity contribution is 6.04. The van der Waals surface area contributed by atoms with Gasteiger partial charge in [-0.1, -0.05) is 30.3 Å². The van der Waals surface area contributed by atoms with E-state index in [9.17, 15) is 4.79 Å². The number of pyridine rings is 1. The highest BCUT2D eigenvalue weighted by Gasteiger charge is 2.08. The molecule has 0 aliphatic carbocycles. The summed E-state index contributed by atoms with van der Waals surface area (Å²) in [4.78, 5) is 16.4. The van der Waals surface area contributed by atoms with E-state index in [4.69, 9.17) is 4.74 Å². The second kappa shape index (κ2) is 8.85. The molecule has 1 atom stereocenters. The zero-order valence-electron chi connectivity index (χ0n) is 15.5. The van der Waals surface area contributed by atoms with E-state index >= 15 is 0 Å². The highest BCUT2D eigenvalue weighted by atomic mass is 16.5. The lowest BCUT2D eigenvalue weighted by Gasteiger charge is -2.16. The number of rotatable bonds is 7. The van der Waals surface area contributed by atoms with Gasteiger partial charge in [-0.05, 0) is 49.7 Å². The first-order valence-electron chi connectivity index (χ1n) is 8.97. The zero-order chi connectivity index (χ0) is 19.1. The molecular weight excluding hydrogens is 338 g/mol. The molecule has 0 radical (unpaired) electrons. The number of carbonyl (C=O) groups excluding carboxylic acids is 1. The van der Waals surface area contributed by atoms with Gasteiger partial charge in [-0.25, -0.2) is 4.98 Å². The fourth-order valence-electron chi connectivity index (χ4n) is 2.68. The van der Waals surface area contributed by atoms with Crippen LogP contribution in [0.3, 0.4) is 0 Å². The number of ether oxygens (including phenoxy) is 1. The average Bonchev–Trinajstić information content (AvgIpc) is 2.71. The summed E-state index contributed by atoms with van der Waals surface area (Å²) >= 11 is 0. The molecule has 1 aromatic heterocycles. The molecule has 0 aliphatic heterocycles. The Kier molecular flexibility index (Phi) is 6.05. The van der Waals surface area contributed by atoms with E-state index < -0.39 is 0 Å². The lowest BCUT2D eigenvalue weighted by molar-refractivity contribution is 0.102. The van der Waals surface area contributed by atoms with Gasteiger partial charge in [0, 0.05) is 29.7 Å². The fourth-order valence-corrected chi connectivity index (χ4v) is 2.68. The summed E-state index contributed by atoms with van der Waals surface area (Å²) in [5.41, 5.74) is 3.43. The van der Waals surface area contributed by atoms with Crippen LogP contribution < -0.4 is 15.4 Å². The van der Waals surface area contributed by atoms with Gasteiger partial charge in [-0.3, -0.25) is 4.79 Å². The molecule has 0 aliphatic rings. The minimum atomic E-state index is -0.205. The van der Waals surface area contributed by atoms with Crippen LogP contribution in [-0.2, 0) is 0 Å². The number of anilines is 2. The Labute approximate surface area is 159 Å². The first-order chi connectivity index (χ1) is 13.2. The first-order valence-corrected chi connectivity index (χ1v) is 8.97. The summed E-state index contributed by atoms with van der Waals surface area (Å²) in [7, 11) is 0. The van der Waals surface area contributed by atoms with Crippen LogP contribution in [0.25, 0.3) is 0 Å². The maximum Gasteiger partial charge on any atom is 0.257 e. The van der Waals surface area contributed by atoms with Crippen LogP contribution >= 0.6 is 0 Å². The minimum absolute atomic E-state index is 0.196. The van der Waals surface area contributed by atoms with Crippen molar-refractivity contribution in [3.63, 3.8) is 0 Å². The van der Waals surface area contributed by atoms with E-state index in [1.807, 2.05) is 49.4 Å². The van der Waals surface area contributed by atoms with E-state index in [1.165, 1.54) is 11.8 Å². The summed E-state index contributed by atoms with van der Waals surface area (Å²) in [6.07, 6.45) is 1.51. The van der Waals surface area contributed by atoms with Crippen molar-refractivity contribution in [1.82, 2.24) is 4.98 Å². The third kappa shape index (κ3) is 5.07. The van der Waals surface area contributed by atoms with E-state index in [-0.39, 0.29) is 11.9 Å². The molecule has 138 valence electrons. The van der Waals surface area contributed by atoms with Crippen molar-refractivity contribution in [3.05, 3.63) is 84.1 Å². The predicted molar refractivity (Wildman–Crippen MR) is 108 cm³/mol. The highest BCUT2D eigenvalue weighted by Crippen LogP contribution is 2.21. The van der Waals surface area contributed by atoms with Crippen LogP contribution in [0, 0.1) is 0 Å². The van der Waals surface area contributed by atoms with Gasteiger partial charge in [-0.15, -0.1) is 0 Å². The van der Waals surface area contributed by atoms with E-state index in [0.717, 1.165) is 11.4 Å². The number of nitrogens with zero attached hydrogens (tertiary/aromatic N) is 1. The smallest absolute Gasteiger partial charge is 0.257 e. The van der Waals surface area contributed by atoms with Gasteiger partial charge in [0.2, 0.25) is 5.88 Å². The van der Waals surface area contributed by atoms with Crippen molar-refractivity contribution in [1.29, 1.82) is 0 Å². The Morgan fingerprint density at radius 3 is 2.33 bits per heavy atom. The summed E-state index contributed by atoms with van der Waals surface area (Å²) in [5, 5.41) is 6.33. The first kappa shape index (κ1) is 18.5. The van der Waals surface area contributed by atoms with Crippen molar-refractivity contribution in [3.8, 4) is 5.88 Å². The predicted octanol–water partition coefficient (Wildman–Crippen LogP) is 4.91. The zero-order valence-corrected chi connectivity index (χ0v) is 15.5.